The van der Waals surface area contributed by atoms with Gasteiger partial charge in [0, 0.05) is 13.1 Å². The normalized spacial score (nSPS) is 25.1. The van der Waals surface area contributed by atoms with E-state index in [1.165, 1.54) is 0 Å². The van der Waals surface area contributed by atoms with E-state index in [4.69, 9.17) is 0 Å². The van der Waals surface area contributed by atoms with Gasteiger partial charge < -0.3 is 10.2 Å². The highest BCUT2D eigenvalue weighted by Crippen LogP contribution is 2.26. The molecule has 0 aliphatic carbocycles. The van der Waals surface area contributed by atoms with Gasteiger partial charge in [0.2, 0.25) is 10.0 Å². The first kappa shape index (κ1) is 15.4. The Morgan fingerprint density at radius 3 is 1.90 bits per heavy atom. The largest absolute Gasteiger partial charge is 0.389 e. The van der Waals surface area contributed by atoms with E-state index in [2.05, 4.69) is 20.8 Å². The number of hydrogen-bond acceptors (Lipinski definition) is 4. The Kier molecular flexibility index (Phi) is 3.94. The molecule has 0 spiro atoms. The number of aliphatic hydroxyl groups is 2. The van der Waals surface area contributed by atoms with Gasteiger partial charge in [0.1, 0.15) is 0 Å². The zero-order chi connectivity index (χ0) is 15.1. The summed E-state index contributed by atoms with van der Waals surface area (Å²) in [7, 11) is -3.65. The zero-order valence-corrected chi connectivity index (χ0v) is 12.8. The van der Waals surface area contributed by atoms with Crippen molar-refractivity contribution in [1.82, 2.24) is 4.31 Å². The van der Waals surface area contributed by atoms with E-state index < -0.39 is 22.2 Å². The van der Waals surface area contributed by atoms with Crippen molar-refractivity contribution in [2.45, 2.75) is 43.3 Å². The van der Waals surface area contributed by atoms with Crippen molar-refractivity contribution in [3.05, 3.63) is 29.8 Å². The molecular weight excluding hydrogens is 278 g/mol. The quantitative estimate of drug-likeness (QED) is 0.843. The zero-order valence-electron chi connectivity index (χ0n) is 11.9. The Hall–Kier alpha value is -0.950. The van der Waals surface area contributed by atoms with Gasteiger partial charge in [0.15, 0.2) is 0 Å². The predicted molar refractivity (Wildman–Crippen MR) is 75.9 cm³/mol. The fourth-order valence-electron chi connectivity index (χ4n) is 2.21. The van der Waals surface area contributed by atoms with Crippen molar-refractivity contribution in [3.63, 3.8) is 0 Å². The molecule has 1 aliphatic heterocycles. The molecular formula is C14H21NO4S. The van der Waals surface area contributed by atoms with E-state index in [1.54, 1.807) is 24.3 Å². The third kappa shape index (κ3) is 2.88. The molecule has 6 heteroatoms. The minimum absolute atomic E-state index is 0.0394. The van der Waals surface area contributed by atoms with Gasteiger partial charge in [-0.2, -0.15) is 4.31 Å². The first-order chi connectivity index (χ1) is 9.12. The maximum Gasteiger partial charge on any atom is 0.243 e. The molecule has 2 N–H and O–H groups in total. The molecule has 112 valence electrons. The van der Waals surface area contributed by atoms with Crippen LogP contribution in [-0.4, -0.2) is 48.2 Å². The Balaban J connectivity index is 2.27. The van der Waals surface area contributed by atoms with Crippen molar-refractivity contribution in [3.8, 4) is 0 Å². The van der Waals surface area contributed by atoms with Crippen LogP contribution in [0.2, 0.25) is 0 Å². The number of aliphatic hydroxyl groups excluding tert-OH is 2. The van der Waals surface area contributed by atoms with Crippen LogP contribution in [0.3, 0.4) is 0 Å². The fraction of sp³-hybridized carbons (Fsp3) is 0.571. The van der Waals surface area contributed by atoms with Crippen LogP contribution in [0.4, 0.5) is 0 Å². The molecule has 1 aromatic rings. The molecule has 2 atom stereocenters. The van der Waals surface area contributed by atoms with E-state index in [0.29, 0.717) is 0 Å². The highest BCUT2D eigenvalue weighted by molar-refractivity contribution is 7.89. The molecule has 0 saturated carbocycles. The van der Waals surface area contributed by atoms with Gasteiger partial charge in [-0.1, -0.05) is 32.9 Å². The van der Waals surface area contributed by atoms with Gasteiger partial charge in [-0.3, -0.25) is 0 Å². The summed E-state index contributed by atoms with van der Waals surface area (Å²) in [4.78, 5) is 0.187. The molecule has 20 heavy (non-hydrogen) atoms. The summed E-state index contributed by atoms with van der Waals surface area (Å²) in [6.07, 6.45) is -2.03. The van der Waals surface area contributed by atoms with Gasteiger partial charge in [-0.25, -0.2) is 8.42 Å². The lowest BCUT2D eigenvalue weighted by Gasteiger charge is -2.20. The summed E-state index contributed by atoms with van der Waals surface area (Å²) < 4.78 is 25.9. The highest BCUT2D eigenvalue weighted by atomic mass is 32.2. The smallest absolute Gasteiger partial charge is 0.243 e. The number of β-amino-alcohol motifs (C(OH)–C–C–N with tert-alkyl or cyclic N) is 2. The Labute approximate surface area is 119 Å². The summed E-state index contributed by atoms with van der Waals surface area (Å²) in [5.41, 5.74) is 1.01. The second-order valence-corrected chi connectivity index (χ2v) is 8.17. The standard InChI is InChI=1S/C14H21NO4S/c1-14(2,3)10-4-6-11(7-5-10)20(18,19)15-8-12(16)13(17)9-15/h4-7,12-13,16-17H,8-9H2,1-3H3/t12-,13+. The Morgan fingerprint density at radius 1 is 1.05 bits per heavy atom. The lowest BCUT2D eigenvalue weighted by atomic mass is 9.87. The first-order valence-corrected chi connectivity index (χ1v) is 8.03. The predicted octanol–water partition coefficient (Wildman–Crippen LogP) is 0.710. The average molecular weight is 299 g/mol. The van der Waals surface area contributed by atoms with Crippen LogP contribution < -0.4 is 0 Å². The Morgan fingerprint density at radius 2 is 1.50 bits per heavy atom. The van der Waals surface area contributed by atoms with Crippen LogP contribution in [0.1, 0.15) is 26.3 Å². The molecule has 1 aliphatic rings. The fourth-order valence-corrected chi connectivity index (χ4v) is 3.68. The molecule has 5 nitrogen and oxygen atoms in total. The van der Waals surface area contributed by atoms with Crippen molar-refractivity contribution in [2.24, 2.45) is 0 Å². The lowest BCUT2D eigenvalue weighted by Crippen LogP contribution is -2.30. The average Bonchev–Trinajstić information content (AvgIpc) is 2.69. The number of benzene rings is 1. The van der Waals surface area contributed by atoms with E-state index >= 15 is 0 Å². The molecule has 0 amide bonds. The number of sulfonamides is 1. The monoisotopic (exact) mass is 299 g/mol. The first-order valence-electron chi connectivity index (χ1n) is 6.59. The Bertz CT molecular complexity index is 564. The van der Waals surface area contributed by atoms with Crippen molar-refractivity contribution in [1.29, 1.82) is 0 Å². The molecule has 0 radical (unpaired) electrons. The molecule has 1 aromatic carbocycles. The van der Waals surface area contributed by atoms with E-state index in [1.807, 2.05) is 0 Å². The van der Waals surface area contributed by atoms with Crippen LogP contribution in [0, 0.1) is 0 Å². The van der Waals surface area contributed by atoms with Gasteiger partial charge in [-0.05, 0) is 23.1 Å². The second kappa shape index (κ2) is 5.11. The summed E-state index contributed by atoms with van der Waals surface area (Å²) in [5, 5.41) is 18.9. The second-order valence-electron chi connectivity index (χ2n) is 6.23. The summed E-state index contributed by atoms with van der Waals surface area (Å²) in [6, 6.07) is 6.76. The number of rotatable bonds is 2. The molecule has 1 fully saturated rings. The van der Waals surface area contributed by atoms with Crippen molar-refractivity contribution < 1.29 is 18.6 Å². The molecule has 1 saturated heterocycles. The summed E-state index contributed by atoms with van der Waals surface area (Å²) >= 11 is 0. The molecule has 0 aromatic heterocycles. The third-order valence-corrected chi connectivity index (χ3v) is 5.43. The van der Waals surface area contributed by atoms with E-state index in [0.717, 1.165) is 9.87 Å². The van der Waals surface area contributed by atoms with Crippen LogP contribution >= 0.6 is 0 Å². The van der Waals surface area contributed by atoms with Gasteiger partial charge >= 0.3 is 0 Å². The van der Waals surface area contributed by atoms with Crippen LogP contribution in [0.15, 0.2) is 29.2 Å². The molecule has 0 unspecified atom stereocenters. The SMILES string of the molecule is CC(C)(C)c1ccc(S(=O)(=O)N2C[C@@H](O)[C@@H](O)C2)cc1. The van der Waals surface area contributed by atoms with Gasteiger partial charge in [0.05, 0.1) is 17.1 Å². The molecule has 0 bridgehead atoms. The molecule has 2 rings (SSSR count). The highest BCUT2D eigenvalue weighted by Gasteiger charge is 2.37. The third-order valence-electron chi connectivity index (χ3n) is 3.58. The minimum Gasteiger partial charge on any atom is -0.389 e. The van der Waals surface area contributed by atoms with Crippen LogP contribution in [-0.2, 0) is 15.4 Å². The topological polar surface area (TPSA) is 77.8 Å². The van der Waals surface area contributed by atoms with Crippen molar-refractivity contribution in [2.75, 3.05) is 13.1 Å². The number of hydrogen-bond donors (Lipinski definition) is 2. The minimum atomic E-state index is -3.65. The van der Waals surface area contributed by atoms with E-state index in [9.17, 15) is 18.6 Å². The van der Waals surface area contributed by atoms with Crippen LogP contribution in [0.25, 0.3) is 0 Å². The summed E-state index contributed by atoms with van der Waals surface area (Å²) in [6.45, 7) is 6.05. The number of nitrogens with zero attached hydrogens (tertiary/aromatic N) is 1. The van der Waals surface area contributed by atoms with Crippen LogP contribution in [0.5, 0.6) is 0 Å². The lowest BCUT2D eigenvalue weighted by molar-refractivity contribution is 0.0572. The van der Waals surface area contributed by atoms with Gasteiger partial charge in [-0.15, -0.1) is 0 Å². The van der Waals surface area contributed by atoms with E-state index in [-0.39, 0.29) is 23.4 Å². The maximum atomic E-state index is 12.4. The van der Waals surface area contributed by atoms with Crippen molar-refractivity contribution >= 4 is 10.0 Å². The molecule has 1 heterocycles. The summed E-state index contributed by atoms with van der Waals surface area (Å²) in [5.74, 6) is 0. The maximum absolute atomic E-state index is 12.4. The van der Waals surface area contributed by atoms with Gasteiger partial charge in [0.25, 0.3) is 0 Å².